The summed E-state index contributed by atoms with van der Waals surface area (Å²) in [4.78, 5) is 11.9. The van der Waals surface area contributed by atoms with Crippen LogP contribution in [-0.4, -0.2) is 12.5 Å². The molecule has 3 N–H and O–H groups in total. The van der Waals surface area contributed by atoms with Gasteiger partial charge in [-0.2, -0.15) is 0 Å². The van der Waals surface area contributed by atoms with Crippen LogP contribution in [0, 0.1) is 11.8 Å². The third-order valence-corrected chi connectivity index (χ3v) is 3.35. The number of amides is 1. The van der Waals surface area contributed by atoms with Gasteiger partial charge in [-0.25, -0.2) is 0 Å². The van der Waals surface area contributed by atoms with Crippen molar-refractivity contribution in [3.05, 3.63) is 24.2 Å². The van der Waals surface area contributed by atoms with E-state index in [9.17, 15) is 4.79 Å². The minimum absolute atomic E-state index is 0.108. The molecular weight excluding hydrogens is 204 g/mol. The summed E-state index contributed by atoms with van der Waals surface area (Å²) in [6.07, 6.45) is 6.43. The van der Waals surface area contributed by atoms with Crippen LogP contribution >= 0.6 is 0 Å². The Morgan fingerprint density at radius 2 is 2.44 bits per heavy atom. The van der Waals surface area contributed by atoms with Crippen molar-refractivity contribution in [1.29, 1.82) is 0 Å². The van der Waals surface area contributed by atoms with E-state index in [-0.39, 0.29) is 11.8 Å². The molecule has 1 aromatic rings. The molecule has 16 heavy (non-hydrogen) atoms. The standard InChI is InChI=1S/C12H18N2O2/c13-6-10-2-1-3-11(10)12(15)14-7-9-4-5-16-8-9/h4-5,8,10-11H,1-3,6-7,13H2,(H,14,15). The fourth-order valence-electron chi connectivity index (χ4n) is 2.38. The van der Waals surface area contributed by atoms with Crippen LogP contribution in [0.15, 0.2) is 23.0 Å². The Hall–Kier alpha value is -1.29. The Labute approximate surface area is 95.2 Å². The highest BCUT2D eigenvalue weighted by atomic mass is 16.3. The van der Waals surface area contributed by atoms with Gasteiger partial charge in [0.25, 0.3) is 0 Å². The lowest BCUT2D eigenvalue weighted by molar-refractivity contribution is -0.126. The highest BCUT2D eigenvalue weighted by molar-refractivity contribution is 5.79. The minimum atomic E-state index is 0.108. The van der Waals surface area contributed by atoms with Crippen LogP contribution < -0.4 is 11.1 Å². The maximum Gasteiger partial charge on any atom is 0.223 e. The lowest BCUT2D eigenvalue weighted by Crippen LogP contribution is -2.34. The Morgan fingerprint density at radius 1 is 1.56 bits per heavy atom. The second kappa shape index (κ2) is 5.16. The van der Waals surface area contributed by atoms with Gasteiger partial charge >= 0.3 is 0 Å². The maximum absolute atomic E-state index is 11.9. The molecule has 2 rings (SSSR count). The predicted octanol–water partition coefficient (Wildman–Crippen LogP) is 1.27. The van der Waals surface area contributed by atoms with Gasteiger partial charge in [0.1, 0.15) is 0 Å². The van der Waals surface area contributed by atoms with Crippen molar-refractivity contribution >= 4 is 5.91 Å². The number of nitrogens with one attached hydrogen (secondary N) is 1. The molecule has 4 nitrogen and oxygen atoms in total. The van der Waals surface area contributed by atoms with E-state index in [0.29, 0.717) is 19.0 Å². The molecule has 2 unspecified atom stereocenters. The first-order valence-corrected chi connectivity index (χ1v) is 5.80. The molecule has 0 radical (unpaired) electrons. The fourth-order valence-corrected chi connectivity index (χ4v) is 2.38. The van der Waals surface area contributed by atoms with Crippen molar-refractivity contribution in [2.45, 2.75) is 25.8 Å². The van der Waals surface area contributed by atoms with Gasteiger partial charge in [0.15, 0.2) is 0 Å². The highest BCUT2D eigenvalue weighted by Crippen LogP contribution is 2.30. The number of nitrogens with two attached hydrogens (primary N) is 1. The largest absolute Gasteiger partial charge is 0.472 e. The maximum atomic E-state index is 11.9. The summed E-state index contributed by atoms with van der Waals surface area (Å²) < 4.78 is 4.94. The van der Waals surface area contributed by atoms with Crippen LogP contribution in [0.1, 0.15) is 24.8 Å². The number of rotatable bonds is 4. The third-order valence-electron chi connectivity index (χ3n) is 3.35. The van der Waals surface area contributed by atoms with E-state index in [1.165, 1.54) is 0 Å². The molecule has 1 aromatic heterocycles. The van der Waals surface area contributed by atoms with Gasteiger partial charge in [0, 0.05) is 18.0 Å². The number of hydrogen-bond donors (Lipinski definition) is 2. The van der Waals surface area contributed by atoms with E-state index in [1.807, 2.05) is 6.07 Å². The van der Waals surface area contributed by atoms with E-state index in [1.54, 1.807) is 12.5 Å². The molecule has 0 aliphatic heterocycles. The third kappa shape index (κ3) is 2.44. The number of furan rings is 1. The first-order valence-electron chi connectivity index (χ1n) is 5.80. The van der Waals surface area contributed by atoms with E-state index in [2.05, 4.69) is 5.32 Å². The minimum Gasteiger partial charge on any atom is -0.472 e. The smallest absolute Gasteiger partial charge is 0.223 e. The molecule has 1 fully saturated rings. The van der Waals surface area contributed by atoms with Crippen molar-refractivity contribution in [1.82, 2.24) is 5.32 Å². The molecule has 88 valence electrons. The monoisotopic (exact) mass is 222 g/mol. The summed E-state index contributed by atoms with van der Waals surface area (Å²) in [7, 11) is 0. The van der Waals surface area contributed by atoms with Gasteiger partial charge in [0.2, 0.25) is 5.91 Å². The van der Waals surface area contributed by atoms with Crippen LogP contribution in [0.3, 0.4) is 0 Å². The second-order valence-electron chi connectivity index (χ2n) is 4.38. The predicted molar refractivity (Wildman–Crippen MR) is 60.4 cm³/mol. The zero-order valence-corrected chi connectivity index (χ0v) is 9.32. The van der Waals surface area contributed by atoms with Crippen molar-refractivity contribution < 1.29 is 9.21 Å². The summed E-state index contributed by atoms with van der Waals surface area (Å²) >= 11 is 0. The van der Waals surface area contributed by atoms with Crippen LogP contribution in [0.25, 0.3) is 0 Å². The van der Waals surface area contributed by atoms with Crippen LogP contribution in [-0.2, 0) is 11.3 Å². The van der Waals surface area contributed by atoms with E-state index < -0.39 is 0 Å². The van der Waals surface area contributed by atoms with E-state index in [0.717, 1.165) is 24.8 Å². The average molecular weight is 222 g/mol. The van der Waals surface area contributed by atoms with Gasteiger partial charge in [-0.3, -0.25) is 4.79 Å². The van der Waals surface area contributed by atoms with Gasteiger partial charge in [-0.05, 0) is 31.4 Å². The molecule has 0 saturated heterocycles. The first-order chi connectivity index (χ1) is 7.81. The van der Waals surface area contributed by atoms with E-state index >= 15 is 0 Å². The first kappa shape index (κ1) is 11.2. The normalized spacial score (nSPS) is 24.6. The zero-order valence-electron chi connectivity index (χ0n) is 9.32. The van der Waals surface area contributed by atoms with Crippen molar-refractivity contribution in [2.24, 2.45) is 17.6 Å². The summed E-state index contributed by atoms with van der Waals surface area (Å²) in [5.41, 5.74) is 6.65. The Morgan fingerprint density at radius 3 is 3.12 bits per heavy atom. The van der Waals surface area contributed by atoms with Gasteiger partial charge in [0.05, 0.1) is 12.5 Å². The van der Waals surface area contributed by atoms with Crippen LogP contribution in [0.4, 0.5) is 0 Å². The molecule has 2 atom stereocenters. The van der Waals surface area contributed by atoms with Gasteiger partial charge in [-0.15, -0.1) is 0 Å². The lowest BCUT2D eigenvalue weighted by Gasteiger charge is -2.16. The molecule has 1 saturated carbocycles. The Kier molecular flexibility index (Phi) is 3.62. The van der Waals surface area contributed by atoms with Crippen LogP contribution in [0.2, 0.25) is 0 Å². The molecule has 1 amide bonds. The van der Waals surface area contributed by atoms with Crippen molar-refractivity contribution in [3.63, 3.8) is 0 Å². The fraction of sp³-hybridized carbons (Fsp3) is 0.583. The van der Waals surface area contributed by atoms with Crippen molar-refractivity contribution in [2.75, 3.05) is 6.54 Å². The number of carbonyl (C=O) groups is 1. The summed E-state index contributed by atoms with van der Waals surface area (Å²) in [5, 5.41) is 2.94. The zero-order chi connectivity index (χ0) is 11.4. The summed E-state index contributed by atoms with van der Waals surface area (Å²) in [6.45, 7) is 1.16. The van der Waals surface area contributed by atoms with Crippen LogP contribution in [0.5, 0.6) is 0 Å². The molecule has 1 aliphatic rings. The molecule has 0 aromatic carbocycles. The summed E-state index contributed by atoms with van der Waals surface area (Å²) in [5.74, 6) is 0.607. The molecule has 1 aliphatic carbocycles. The molecule has 1 heterocycles. The molecule has 0 bridgehead atoms. The summed E-state index contributed by atoms with van der Waals surface area (Å²) in [6, 6.07) is 1.86. The van der Waals surface area contributed by atoms with E-state index in [4.69, 9.17) is 10.2 Å². The SMILES string of the molecule is NCC1CCCC1C(=O)NCc1ccoc1. The molecular formula is C12H18N2O2. The number of hydrogen-bond acceptors (Lipinski definition) is 3. The van der Waals surface area contributed by atoms with Gasteiger partial charge in [-0.1, -0.05) is 6.42 Å². The quantitative estimate of drug-likeness (QED) is 0.806. The van der Waals surface area contributed by atoms with Crippen molar-refractivity contribution in [3.8, 4) is 0 Å². The van der Waals surface area contributed by atoms with Gasteiger partial charge < -0.3 is 15.5 Å². The molecule has 4 heteroatoms. The Balaban J connectivity index is 1.83. The molecule has 0 spiro atoms. The number of carbonyl (C=O) groups excluding carboxylic acids is 1. The average Bonchev–Trinajstić information content (AvgIpc) is 2.96. The highest BCUT2D eigenvalue weighted by Gasteiger charge is 2.31. The Bertz CT molecular complexity index is 335. The lowest BCUT2D eigenvalue weighted by atomic mass is 9.95. The second-order valence-corrected chi connectivity index (χ2v) is 4.38. The topological polar surface area (TPSA) is 68.3 Å².